The van der Waals surface area contributed by atoms with Crippen LogP contribution in [0, 0.1) is 5.92 Å². The quantitative estimate of drug-likeness (QED) is 0.790. The Morgan fingerprint density at radius 3 is 2.53 bits per heavy atom. The molecule has 6 heteroatoms. The fourth-order valence-electron chi connectivity index (χ4n) is 2.31. The van der Waals surface area contributed by atoms with Gasteiger partial charge in [-0.15, -0.1) is 0 Å². The van der Waals surface area contributed by atoms with Crippen LogP contribution in [0.4, 0.5) is 4.79 Å². The van der Waals surface area contributed by atoms with Crippen molar-refractivity contribution >= 4 is 12.0 Å². The predicted octanol–water partition coefficient (Wildman–Crippen LogP) is 1.26. The number of ether oxygens (including phenoxy) is 1. The van der Waals surface area contributed by atoms with Gasteiger partial charge in [0.15, 0.2) is 0 Å². The van der Waals surface area contributed by atoms with E-state index >= 15 is 0 Å². The van der Waals surface area contributed by atoms with Crippen molar-refractivity contribution in [2.75, 3.05) is 33.4 Å². The van der Waals surface area contributed by atoms with Gasteiger partial charge in [-0.1, -0.05) is 13.3 Å². The van der Waals surface area contributed by atoms with Gasteiger partial charge in [0, 0.05) is 20.1 Å². The molecule has 0 aliphatic carbocycles. The van der Waals surface area contributed by atoms with Gasteiger partial charge in [0.1, 0.15) is 5.92 Å². The second kappa shape index (κ2) is 7.33. The molecule has 1 rings (SSSR count). The summed E-state index contributed by atoms with van der Waals surface area (Å²) in [7, 11) is 1.76. The number of unbranched alkanes of at least 4 members (excludes halogenated alkanes) is 1. The van der Waals surface area contributed by atoms with Crippen LogP contribution in [0.25, 0.3) is 0 Å². The van der Waals surface area contributed by atoms with Crippen molar-refractivity contribution in [2.45, 2.75) is 32.7 Å². The van der Waals surface area contributed by atoms with E-state index in [4.69, 9.17) is 9.84 Å². The second-order valence-corrected chi connectivity index (χ2v) is 4.89. The minimum absolute atomic E-state index is 0.113. The summed E-state index contributed by atoms with van der Waals surface area (Å²) in [6, 6.07) is -0.475. The molecular formula is C13H24N2O4. The Morgan fingerprint density at radius 1 is 1.32 bits per heavy atom. The Labute approximate surface area is 114 Å². The summed E-state index contributed by atoms with van der Waals surface area (Å²) in [6.45, 7) is 5.61. The van der Waals surface area contributed by atoms with Gasteiger partial charge < -0.3 is 19.6 Å². The lowest BCUT2D eigenvalue weighted by molar-refractivity contribution is -0.142. The van der Waals surface area contributed by atoms with Crippen molar-refractivity contribution in [2.24, 2.45) is 5.92 Å². The summed E-state index contributed by atoms with van der Waals surface area (Å²) in [5.74, 6) is -1.52. The number of urea groups is 1. The number of aliphatic carboxylic acids is 1. The molecule has 1 N–H and O–H groups in total. The number of carboxylic acid groups (broad SMARTS) is 1. The Balaban J connectivity index is 2.70. The first kappa shape index (κ1) is 15.8. The summed E-state index contributed by atoms with van der Waals surface area (Å²) < 4.78 is 5.23. The molecule has 19 heavy (non-hydrogen) atoms. The maximum atomic E-state index is 12.3. The molecule has 0 spiro atoms. The zero-order chi connectivity index (χ0) is 14.4. The number of nitrogens with zero attached hydrogens (tertiary/aromatic N) is 2. The number of rotatable bonds is 6. The monoisotopic (exact) mass is 272 g/mol. The van der Waals surface area contributed by atoms with Gasteiger partial charge >= 0.3 is 12.0 Å². The molecule has 1 heterocycles. The summed E-state index contributed by atoms with van der Waals surface area (Å²) in [5.41, 5.74) is 0. The van der Waals surface area contributed by atoms with Crippen molar-refractivity contribution in [3.8, 4) is 0 Å². The fourth-order valence-corrected chi connectivity index (χ4v) is 2.31. The third-order valence-electron chi connectivity index (χ3n) is 3.53. The van der Waals surface area contributed by atoms with Crippen LogP contribution in [0.3, 0.4) is 0 Å². The standard InChI is InChI=1S/C13H24N2O4/c1-4-6-7-14(3)13(18)15(5-2)11-9-19-8-10(11)12(16)17/h10-11H,4-9H2,1-3H3,(H,16,17). The van der Waals surface area contributed by atoms with Gasteiger partial charge in [0.25, 0.3) is 0 Å². The third kappa shape index (κ3) is 3.83. The van der Waals surface area contributed by atoms with Gasteiger partial charge in [-0.3, -0.25) is 4.79 Å². The third-order valence-corrected chi connectivity index (χ3v) is 3.53. The lowest BCUT2D eigenvalue weighted by Gasteiger charge is -2.33. The highest BCUT2D eigenvalue weighted by Gasteiger charge is 2.40. The topological polar surface area (TPSA) is 70.1 Å². The van der Waals surface area contributed by atoms with E-state index in [-0.39, 0.29) is 18.7 Å². The highest BCUT2D eigenvalue weighted by Crippen LogP contribution is 2.21. The number of carbonyl (C=O) groups is 2. The predicted molar refractivity (Wildman–Crippen MR) is 71.0 cm³/mol. The summed E-state index contributed by atoms with van der Waals surface area (Å²) in [4.78, 5) is 26.8. The van der Waals surface area contributed by atoms with E-state index in [1.54, 1.807) is 16.8 Å². The van der Waals surface area contributed by atoms with Crippen LogP contribution in [0.15, 0.2) is 0 Å². The van der Waals surface area contributed by atoms with E-state index in [0.717, 1.165) is 12.8 Å². The fraction of sp³-hybridized carbons (Fsp3) is 0.846. The van der Waals surface area contributed by atoms with Crippen molar-refractivity contribution in [1.82, 2.24) is 9.80 Å². The van der Waals surface area contributed by atoms with Crippen LogP contribution >= 0.6 is 0 Å². The highest BCUT2D eigenvalue weighted by atomic mass is 16.5. The first-order valence-corrected chi connectivity index (χ1v) is 6.85. The number of likely N-dealkylation sites (N-methyl/N-ethyl adjacent to an activating group) is 1. The zero-order valence-electron chi connectivity index (χ0n) is 12.0. The lowest BCUT2D eigenvalue weighted by Crippen LogP contribution is -2.51. The molecule has 2 amide bonds. The average molecular weight is 272 g/mol. The average Bonchev–Trinajstić information content (AvgIpc) is 2.86. The first-order valence-electron chi connectivity index (χ1n) is 6.85. The Morgan fingerprint density at radius 2 is 2.00 bits per heavy atom. The van der Waals surface area contributed by atoms with E-state index < -0.39 is 11.9 Å². The van der Waals surface area contributed by atoms with E-state index in [0.29, 0.717) is 19.7 Å². The maximum absolute atomic E-state index is 12.3. The van der Waals surface area contributed by atoms with Gasteiger partial charge in [0.05, 0.1) is 19.3 Å². The molecule has 0 aromatic heterocycles. The Bertz CT molecular complexity index is 322. The van der Waals surface area contributed by atoms with E-state index in [9.17, 15) is 9.59 Å². The summed E-state index contributed by atoms with van der Waals surface area (Å²) >= 11 is 0. The zero-order valence-corrected chi connectivity index (χ0v) is 12.0. The highest BCUT2D eigenvalue weighted by molar-refractivity contribution is 5.77. The van der Waals surface area contributed by atoms with E-state index in [1.165, 1.54) is 0 Å². The van der Waals surface area contributed by atoms with Gasteiger partial charge in [-0.2, -0.15) is 0 Å². The van der Waals surface area contributed by atoms with Crippen LogP contribution in [-0.4, -0.2) is 66.3 Å². The van der Waals surface area contributed by atoms with Gasteiger partial charge in [0.2, 0.25) is 0 Å². The van der Waals surface area contributed by atoms with E-state index in [1.807, 2.05) is 6.92 Å². The normalized spacial score (nSPS) is 22.3. The van der Waals surface area contributed by atoms with Gasteiger partial charge in [-0.05, 0) is 13.3 Å². The largest absolute Gasteiger partial charge is 0.481 e. The Hall–Kier alpha value is -1.30. The molecule has 2 unspecified atom stereocenters. The number of carboxylic acids is 1. The molecule has 0 aromatic rings. The smallest absolute Gasteiger partial charge is 0.320 e. The van der Waals surface area contributed by atoms with Crippen LogP contribution in [0.5, 0.6) is 0 Å². The molecular weight excluding hydrogens is 248 g/mol. The number of hydrogen-bond acceptors (Lipinski definition) is 3. The Kier molecular flexibility index (Phi) is 6.08. The van der Waals surface area contributed by atoms with Crippen LogP contribution in [0.1, 0.15) is 26.7 Å². The minimum Gasteiger partial charge on any atom is -0.481 e. The van der Waals surface area contributed by atoms with Crippen molar-refractivity contribution < 1.29 is 19.4 Å². The summed E-state index contributed by atoms with van der Waals surface area (Å²) in [5, 5.41) is 9.16. The van der Waals surface area contributed by atoms with Crippen molar-refractivity contribution in [3.05, 3.63) is 0 Å². The molecule has 0 bridgehead atoms. The molecule has 1 saturated heterocycles. The molecule has 1 aliphatic heterocycles. The first-order chi connectivity index (χ1) is 9.02. The molecule has 6 nitrogen and oxygen atoms in total. The molecule has 0 radical (unpaired) electrons. The lowest BCUT2D eigenvalue weighted by atomic mass is 10.0. The number of carbonyl (C=O) groups excluding carboxylic acids is 1. The van der Waals surface area contributed by atoms with Crippen LogP contribution in [-0.2, 0) is 9.53 Å². The van der Waals surface area contributed by atoms with Gasteiger partial charge in [-0.25, -0.2) is 4.79 Å². The van der Waals surface area contributed by atoms with E-state index in [2.05, 4.69) is 6.92 Å². The molecule has 1 aliphatic rings. The SMILES string of the molecule is CCCCN(C)C(=O)N(CC)C1COCC1C(=O)O. The molecule has 2 atom stereocenters. The molecule has 0 aromatic carbocycles. The molecule has 110 valence electrons. The van der Waals surface area contributed by atoms with Crippen molar-refractivity contribution in [1.29, 1.82) is 0 Å². The second-order valence-electron chi connectivity index (χ2n) is 4.89. The summed E-state index contributed by atoms with van der Waals surface area (Å²) in [6.07, 6.45) is 1.97. The molecule has 1 fully saturated rings. The van der Waals surface area contributed by atoms with Crippen LogP contribution < -0.4 is 0 Å². The maximum Gasteiger partial charge on any atom is 0.320 e. The number of amides is 2. The molecule has 0 saturated carbocycles. The number of hydrogen-bond donors (Lipinski definition) is 1. The van der Waals surface area contributed by atoms with Crippen LogP contribution in [0.2, 0.25) is 0 Å². The minimum atomic E-state index is -0.898. The van der Waals surface area contributed by atoms with Crippen molar-refractivity contribution in [3.63, 3.8) is 0 Å².